The Labute approximate surface area is 122 Å². The zero-order valence-electron chi connectivity index (χ0n) is 13.6. The SMILES string of the molecule is CO[C@H]1O[C@@H]2CO[Si](C(C)(C)C)(C(C)(C)C)O[C@H]2[C@@H]1O. The largest absolute Gasteiger partial charge is 0.391 e. The van der Waals surface area contributed by atoms with Crippen LogP contribution in [-0.2, 0) is 18.3 Å². The normalized spacial score (nSPS) is 37.8. The number of ether oxygens (including phenoxy) is 2. The summed E-state index contributed by atoms with van der Waals surface area (Å²) < 4.78 is 23.5. The molecule has 2 heterocycles. The van der Waals surface area contributed by atoms with Gasteiger partial charge in [0.15, 0.2) is 6.29 Å². The number of fused-ring (bicyclic) bond motifs is 1. The van der Waals surface area contributed by atoms with Crippen molar-refractivity contribution in [3.8, 4) is 0 Å². The minimum Gasteiger partial charge on any atom is -0.391 e. The fourth-order valence-corrected chi connectivity index (χ4v) is 8.48. The van der Waals surface area contributed by atoms with E-state index in [0.717, 1.165) is 0 Å². The second kappa shape index (κ2) is 5.03. The van der Waals surface area contributed by atoms with E-state index in [9.17, 15) is 5.11 Å². The molecule has 0 bridgehead atoms. The number of rotatable bonds is 1. The van der Waals surface area contributed by atoms with Crippen LogP contribution in [0, 0.1) is 0 Å². The Morgan fingerprint density at radius 2 is 1.65 bits per heavy atom. The molecule has 0 aromatic carbocycles. The molecular formula is C14H28O5Si. The highest BCUT2D eigenvalue weighted by atomic mass is 28.4. The lowest BCUT2D eigenvalue weighted by atomic mass is 10.1. The van der Waals surface area contributed by atoms with E-state index >= 15 is 0 Å². The van der Waals surface area contributed by atoms with Crippen LogP contribution in [0.4, 0.5) is 0 Å². The van der Waals surface area contributed by atoms with E-state index in [1.165, 1.54) is 7.11 Å². The summed E-state index contributed by atoms with van der Waals surface area (Å²) in [6.07, 6.45) is -2.00. The van der Waals surface area contributed by atoms with Gasteiger partial charge in [-0.2, -0.15) is 0 Å². The molecule has 5 nitrogen and oxygen atoms in total. The maximum atomic E-state index is 10.3. The van der Waals surface area contributed by atoms with Crippen LogP contribution in [0.3, 0.4) is 0 Å². The minimum absolute atomic E-state index is 0.0961. The molecule has 0 aliphatic carbocycles. The highest BCUT2D eigenvalue weighted by Gasteiger charge is 2.64. The molecular weight excluding hydrogens is 276 g/mol. The second-order valence-electron chi connectivity index (χ2n) is 7.78. The average Bonchev–Trinajstić information content (AvgIpc) is 2.62. The van der Waals surface area contributed by atoms with Gasteiger partial charge in [-0.05, 0) is 0 Å². The van der Waals surface area contributed by atoms with Gasteiger partial charge in [-0.1, -0.05) is 41.5 Å². The molecule has 0 unspecified atom stereocenters. The zero-order valence-corrected chi connectivity index (χ0v) is 14.6. The number of methoxy groups -OCH3 is 1. The van der Waals surface area contributed by atoms with E-state index in [1.54, 1.807) is 0 Å². The van der Waals surface area contributed by atoms with Gasteiger partial charge >= 0.3 is 8.56 Å². The number of aliphatic hydroxyl groups is 1. The molecule has 118 valence electrons. The van der Waals surface area contributed by atoms with Gasteiger partial charge in [-0.25, -0.2) is 0 Å². The van der Waals surface area contributed by atoms with Gasteiger partial charge in [0.1, 0.15) is 18.3 Å². The van der Waals surface area contributed by atoms with Crippen molar-refractivity contribution < 1.29 is 23.4 Å². The molecule has 2 aliphatic rings. The van der Waals surface area contributed by atoms with Crippen molar-refractivity contribution in [3.63, 3.8) is 0 Å². The van der Waals surface area contributed by atoms with Crippen molar-refractivity contribution in [2.75, 3.05) is 13.7 Å². The fourth-order valence-electron chi connectivity index (χ4n) is 3.52. The first-order valence-corrected chi connectivity index (χ1v) is 9.03. The highest BCUT2D eigenvalue weighted by molar-refractivity contribution is 6.73. The Balaban J connectivity index is 2.31. The number of aliphatic hydroxyl groups excluding tert-OH is 1. The van der Waals surface area contributed by atoms with Crippen molar-refractivity contribution >= 4 is 8.56 Å². The fraction of sp³-hybridized carbons (Fsp3) is 1.00. The van der Waals surface area contributed by atoms with E-state index in [0.29, 0.717) is 6.61 Å². The third-order valence-electron chi connectivity index (χ3n) is 4.25. The summed E-state index contributed by atoms with van der Waals surface area (Å²) in [5, 5.41) is 10.1. The van der Waals surface area contributed by atoms with Gasteiger partial charge in [0.25, 0.3) is 0 Å². The Hall–Kier alpha value is 0.0169. The molecule has 4 atom stereocenters. The summed E-state index contributed by atoms with van der Waals surface area (Å²) in [7, 11) is -1.02. The molecule has 2 fully saturated rings. The van der Waals surface area contributed by atoms with Crippen LogP contribution >= 0.6 is 0 Å². The molecule has 0 radical (unpaired) electrons. The molecule has 2 saturated heterocycles. The lowest BCUT2D eigenvalue weighted by Gasteiger charge is -2.53. The smallest absolute Gasteiger partial charge is 0.349 e. The summed E-state index contributed by atoms with van der Waals surface area (Å²) in [5.41, 5.74) is 0. The van der Waals surface area contributed by atoms with Crippen LogP contribution in [0.5, 0.6) is 0 Å². The van der Waals surface area contributed by atoms with Crippen LogP contribution in [0.15, 0.2) is 0 Å². The van der Waals surface area contributed by atoms with Crippen molar-refractivity contribution in [2.45, 2.75) is 76.2 Å². The summed E-state index contributed by atoms with van der Waals surface area (Å²) in [5.74, 6) is 0. The van der Waals surface area contributed by atoms with Crippen molar-refractivity contribution in [1.82, 2.24) is 0 Å². The third-order valence-corrected chi connectivity index (χ3v) is 9.38. The van der Waals surface area contributed by atoms with Gasteiger partial charge in [0, 0.05) is 17.2 Å². The molecule has 2 aliphatic heterocycles. The first kappa shape index (κ1) is 16.4. The molecule has 0 aromatic rings. The van der Waals surface area contributed by atoms with Crippen LogP contribution in [0.2, 0.25) is 10.1 Å². The summed E-state index contributed by atoms with van der Waals surface area (Å²) in [6.45, 7) is 13.4. The maximum Gasteiger partial charge on any atom is 0.349 e. The Kier molecular flexibility index (Phi) is 4.13. The summed E-state index contributed by atoms with van der Waals surface area (Å²) >= 11 is 0. The predicted molar refractivity (Wildman–Crippen MR) is 77.7 cm³/mol. The van der Waals surface area contributed by atoms with Crippen LogP contribution in [-0.4, -0.2) is 52.0 Å². The number of hydrogen-bond acceptors (Lipinski definition) is 5. The summed E-state index contributed by atoms with van der Waals surface area (Å²) in [4.78, 5) is 0. The molecule has 0 amide bonds. The van der Waals surface area contributed by atoms with Gasteiger partial charge in [-0.15, -0.1) is 0 Å². The highest BCUT2D eigenvalue weighted by Crippen LogP contribution is 2.55. The van der Waals surface area contributed by atoms with E-state index < -0.39 is 21.0 Å². The van der Waals surface area contributed by atoms with Gasteiger partial charge < -0.3 is 23.4 Å². The van der Waals surface area contributed by atoms with E-state index in [2.05, 4.69) is 41.5 Å². The quantitative estimate of drug-likeness (QED) is 0.753. The second-order valence-corrected chi connectivity index (χ2v) is 12.5. The zero-order chi connectivity index (χ0) is 15.3. The van der Waals surface area contributed by atoms with E-state index in [-0.39, 0.29) is 22.3 Å². The molecule has 0 aromatic heterocycles. The molecule has 1 N–H and O–H groups in total. The van der Waals surface area contributed by atoms with Gasteiger partial charge in [0.2, 0.25) is 0 Å². The summed E-state index contributed by atoms with van der Waals surface area (Å²) in [6, 6.07) is 0. The molecule has 0 saturated carbocycles. The van der Waals surface area contributed by atoms with Crippen LogP contribution in [0.25, 0.3) is 0 Å². The lowest BCUT2D eigenvalue weighted by molar-refractivity contribution is -0.153. The van der Waals surface area contributed by atoms with E-state index in [1.807, 2.05) is 0 Å². The van der Waals surface area contributed by atoms with E-state index in [4.69, 9.17) is 18.3 Å². The third kappa shape index (κ3) is 2.36. The molecule has 6 heteroatoms. The average molecular weight is 304 g/mol. The van der Waals surface area contributed by atoms with Crippen molar-refractivity contribution in [2.24, 2.45) is 0 Å². The van der Waals surface area contributed by atoms with Crippen molar-refractivity contribution in [3.05, 3.63) is 0 Å². The topological polar surface area (TPSA) is 57.2 Å². The lowest BCUT2D eigenvalue weighted by Crippen LogP contribution is -2.65. The maximum absolute atomic E-state index is 10.3. The first-order chi connectivity index (χ1) is 9.03. The van der Waals surface area contributed by atoms with Crippen LogP contribution in [0.1, 0.15) is 41.5 Å². The monoisotopic (exact) mass is 304 g/mol. The Morgan fingerprint density at radius 3 is 2.10 bits per heavy atom. The Bertz CT molecular complexity index is 344. The van der Waals surface area contributed by atoms with Gasteiger partial charge in [0.05, 0.1) is 6.61 Å². The number of hydrogen-bond donors (Lipinski definition) is 1. The van der Waals surface area contributed by atoms with Crippen LogP contribution < -0.4 is 0 Å². The minimum atomic E-state index is -2.55. The van der Waals surface area contributed by atoms with Crippen molar-refractivity contribution in [1.29, 1.82) is 0 Å². The standard InChI is InChI=1S/C14H28O5Si/c1-13(2,3)20(14(4,5)6)17-8-9-11(19-20)10(15)12(16-7)18-9/h9-12,15H,8H2,1-7H3/t9-,10+,11-,12+/m1/s1. The predicted octanol–water partition coefficient (Wildman–Crippen LogP) is 2.18. The molecule has 0 spiro atoms. The first-order valence-electron chi connectivity index (χ1n) is 7.21. The van der Waals surface area contributed by atoms with Gasteiger partial charge in [-0.3, -0.25) is 0 Å². The molecule has 2 rings (SSSR count). The molecule has 20 heavy (non-hydrogen) atoms. The Morgan fingerprint density at radius 1 is 1.10 bits per heavy atom.